The van der Waals surface area contributed by atoms with Crippen LogP contribution in [0.2, 0.25) is 0 Å². The minimum atomic E-state index is -4.15. The number of fused-ring (bicyclic) bond motifs is 1. The van der Waals surface area contributed by atoms with E-state index < -0.39 is 28.5 Å². The summed E-state index contributed by atoms with van der Waals surface area (Å²) in [6, 6.07) is 21.7. The van der Waals surface area contributed by atoms with Gasteiger partial charge in [0.2, 0.25) is 11.8 Å². The SMILES string of the molecule is CCNC(=O)C(CC)N(CCc1ccccc1)C(=O)CN(c1ccc2c(c1)OCCO2)S(=O)(=O)c1ccccc1. The number of rotatable bonds is 12. The molecule has 1 atom stereocenters. The van der Waals surface area contributed by atoms with Crippen LogP contribution in [0.25, 0.3) is 0 Å². The number of hydrogen-bond donors (Lipinski definition) is 1. The van der Waals surface area contributed by atoms with Crippen LogP contribution in [0.1, 0.15) is 25.8 Å². The summed E-state index contributed by atoms with van der Waals surface area (Å²) in [6.07, 6.45) is 0.889. The van der Waals surface area contributed by atoms with Crippen molar-refractivity contribution in [2.45, 2.75) is 37.6 Å². The molecule has 1 heterocycles. The molecule has 0 bridgehead atoms. The molecule has 0 saturated heterocycles. The van der Waals surface area contributed by atoms with Gasteiger partial charge in [-0.05, 0) is 49.6 Å². The monoisotopic (exact) mass is 565 g/mol. The highest BCUT2D eigenvalue weighted by Crippen LogP contribution is 2.36. The minimum absolute atomic E-state index is 0.0456. The minimum Gasteiger partial charge on any atom is -0.486 e. The van der Waals surface area contributed by atoms with E-state index in [2.05, 4.69) is 5.32 Å². The van der Waals surface area contributed by atoms with Crippen molar-refractivity contribution in [3.8, 4) is 11.5 Å². The quantitative estimate of drug-likeness (QED) is 0.360. The Morgan fingerprint density at radius 3 is 2.20 bits per heavy atom. The van der Waals surface area contributed by atoms with Gasteiger partial charge >= 0.3 is 0 Å². The summed E-state index contributed by atoms with van der Waals surface area (Å²) in [5, 5.41) is 2.81. The van der Waals surface area contributed by atoms with Crippen LogP contribution in [-0.2, 0) is 26.0 Å². The molecule has 1 aliphatic rings. The fourth-order valence-electron chi connectivity index (χ4n) is 4.62. The average molecular weight is 566 g/mol. The molecule has 3 aromatic carbocycles. The fourth-order valence-corrected chi connectivity index (χ4v) is 6.05. The van der Waals surface area contributed by atoms with Crippen molar-refractivity contribution in [1.82, 2.24) is 10.2 Å². The summed E-state index contributed by atoms with van der Waals surface area (Å²) in [5.41, 5.74) is 1.27. The van der Waals surface area contributed by atoms with Gasteiger partial charge in [0.25, 0.3) is 10.0 Å². The number of nitrogens with one attached hydrogen (secondary N) is 1. The summed E-state index contributed by atoms with van der Waals surface area (Å²) in [4.78, 5) is 28.5. The van der Waals surface area contributed by atoms with E-state index >= 15 is 0 Å². The van der Waals surface area contributed by atoms with Crippen LogP contribution < -0.4 is 19.1 Å². The highest BCUT2D eigenvalue weighted by atomic mass is 32.2. The Labute approximate surface area is 235 Å². The van der Waals surface area contributed by atoms with Crippen molar-refractivity contribution < 1.29 is 27.5 Å². The summed E-state index contributed by atoms with van der Waals surface area (Å²) < 4.78 is 40.2. The number of carbonyl (C=O) groups is 2. The highest BCUT2D eigenvalue weighted by molar-refractivity contribution is 7.92. The largest absolute Gasteiger partial charge is 0.486 e. The van der Waals surface area contributed by atoms with E-state index in [4.69, 9.17) is 9.47 Å². The summed E-state index contributed by atoms with van der Waals surface area (Å²) >= 11 is 0. The molecule has 40 heavy (non-hydrogen) atoms. The van der Waals surface area contributed by atoms with Gasteiger partial charge in [0.05, 0.1) is 10.6 Å². The second-order valence-electron chi connectivity index (χ2n) is 9.29. The smallest absolute Gasteiger partial charge is 0.264 e. The van der Waals surface area contributed by atoms with Crippen LogP contribution in [0.5, 0.6) is 11.5 Å². The van der Waals surface area contributed by atoms with E-state index in [0.717, 1.165) is 9.87 Å². The van der Waals surface area contributed by atoms with E-state index in [-0.39, 0.29) is 23.0 Å². The van der Waals surface area contributed by atoms with Crippen molar-refractivity contribution in [3.63, 3.8) is 0 Å². The van der Waals surface area contributed by atoms with Crippen molar-refractivity contribution in [3.05, 3.63) is 84.4 Å². The lowest BCUT2D eigenvalue weighted by Crippen LogP contribution is -2.53. The van der Waals surface area contributed by atoms with Gasteiger partial charge in [-0.15, -0.1) is 0 Å². The molecule has 9 nitrogen and oxygen atoms in total. The molecule has 1 N–H and O–H groups in total. The number of carbonyl (C=O) groups excluding carboxylic acids is 2. The van der Waals surface area contributed by atoms with Gasteiger partial charge in [0, 0.05) is 19.2 Å². The van der Waals surface area contributed by atoms with Gasteiger partial charge in [0.1, 0.15) is 25.8 Å². The maximum Gasteiger partial charge on any atom is 0.264 e. The van der Waals surface area contributed by atoms with E-state index in [9.17, 15) is 18.0 Å². The first-order valence-corrected chi connectivity index (χ1v) is 14.9. The van der Waals surface area contributed by atoms with E-state index in [1.54, 1.807) is 36.4 Å². The first-order chi connectivity index (χ1) is 19.3. The van der Waals surface area contributed by atoms with Crippen molar-refractivity contribution in [1.29, 1.82) is 0 Å². The lowest BCUT2D eigenvalue weighted by Gasteiger charge is -2.33. The highest BCUT2D eigenvalue weighted by Gasteiger charge is 2.33. The topological polar surface area (TPSA) is 105 Å². The molecule has 0 saturated carbocycles. The Kier molecular flexibility index (Phi) is 9.65. The standard InChI is InChI=1S/C30H35N3O6S/c1-3-26(30(35)31-4-2)32(18-17-23-11-7-5-8-12-23)29(34)22-33(40(36,37)25-13-9-6-10-14-25)24-15-16-27-28(21-24)39-20-19-38-27/h5-16,21,26H,3-4,17-20,22H2,1-2H3,(H,31,35). The van der Waals surface area contributed by atoms with Gasteiger partial charge in [-0.1, -0.05) is 55.5 Å². The normalized spacial score (nSPS) is 13.2. The Balaban J connectivity index is 1.71. The van der Waals surface area contributed by atoms with Crippen LogP contribution in [0.4, 0.5) is 5.69 Å². The summed E-state index contributed by atoms with van der Waals surface area (Å²) in [6.45, 7) is 4.55. The maximum absolute atomic E-state index is 14.0. The first-order valence-electron chi connectivity index (χ1n) is 13.4. The van der Waals surface area contributed by atoms with Crippen molar-refractivity contribution in [2.75, 3.05) is 37.2 Å². The Morgan fingerprint density at radius 1 is 0.900 bits per heavy atom. The molecule has 2 amide bonds. The number of anilines is 1. The summed E-state index contributed by atoms with van der Waals surface area (Å²) in [7, 11) is -4.15. The zero-order chi connectivity index (χ0) is 28.5. The van der Waals surface area contributed by atoms with Crippen LogP contribution in [0.15, 0.2) is 83.8 Å². The molecule has 1 aliphatic heterocycles. The van der Waals surface area contributed by atoms with Crippen molar-refractivity contribution in [2.24, 2.45) is 0 Å². The fraction of sp³-hybridized carbons (Fsp3) is 0.333. The average Bonchev–Trinajstić information content (AvgIpc) is 2.98. The molecule has 10 heteroatoms. The second kappa shape index (κ2) is 13.3. The number of likely N-dealkylation sites (N-methyl/N-ethyl adjacent to an activating group) is 1. The molecular weight excluding hydrogens is 530 g/mol. The van der Waals surface area contributed by atoms with E-state index in [1.807, 2.05) is 44.2 Å². The van der Waals surface area contributed by atoms with Gasteiger partial charge in [-0.3, -0.25) is 13.9 Å². The van der Waals surface area contributed by atoms with E-state index in [1.165, 1.54) is 17.0 Å². The molecule has 212 valence electrons. The van der Waals surface area contributed by atoms with Gasteiger partial charge in [0.15, 0.2) is 11.5 Å². The second-order valence-corrected chi connectivity index (χ2v) is 11.2. The lowest BCUT2D eigenvalue weighted by atomic mass is 10.1. The van der Waals surface area contributed by atoms with Gasteiger partial charge in [-0.2, -0.15) is 0 Å². The number of benzene rings is 3. The van der Waals surface area contributed by atoms with E-state index in [0.29, 0.717) is 44.1 Å². The Bertz CT molecular complexity index is 1400. The zero-order valence-corrected chi connectivity index (χ0v) is 23.6. The van der Waals surface area contributed by atoms with Crippen molar-refractivity contribution >= 4 is 27.5 Å². The van der Waals surface area contributed by atoms with Crippen LogP contribution in [-0.4, -0.2) is 64.0 Å². The Morgan fingerprint density at radius 2 is 1.55 bits per heavy atom. The lowest BCUT2D eigenvalue weighted by molar-refractivity contribution is -0.139. The zero-order valence-electron chi connectivity index (χ0n) is 22.8. The molecule has 0 aliphatic carbocycles. The number of hydrogen-bond acceptors (Lipinski definition) is 6. The van der Waals surface area contributed by atoms with Crippen LogP contribution in [0, 0.1) is 0 Å². The first kappa shape index (κ1) is 28.9. The molecule has 3 aromatic rings. The maximum atomic E-state index is 14.0. The Hall–Kier alpha value is -4.05. The molecule has 0 spiro atoms. The molecule has 0 fully saturated rings. The number of nitrogens with zero attached hydrogens (tertiary/aromatic N) is 2. The van der Waals surface area contributed by atoms with Gasteiger partial charge < -0.3 is 19.7 Å². The molecule has 0 aromatic heterocycles. The molecule has 4 rings (SSSR count). The predicted octanol–water partition coefficient (Wildman–Crippen LogP) is 3.64. The summed E-state index contributed by atoms with van der Waals surface area (Å²) in [5.74, 6) is 0.149. The third-order valence-corrected chi connectivity index (χ3v) is 8.43. The third kappa shape index (κ3) is 6.74. The molecule has 0 radical (unpaired) electrons. The third-order valence-electron chi connectivity index (χ3n) is 6.64. The molecular formula is C30H35N3O6S. The van der Waals surface area contributed by atoms with Crippen LogP contribution >= 0.6 is 0 Å². The number of sulfonamides is 1. The predicted molar refractivity (Wildman–Crippen MR) is 153 cm³/mol. The number of ether oxygens (including phenoxy) is 2. The number of amides is 2. The van der Waals surface area contributed by atoms with Crippen LogP contribution in [0.3, 0.4) is 0 Å². The molecule has 1 unspecified atom stereocenters. The van der Waals surface area contributed by atoms with Gasteiger partial charge in [-0.25, -0.2) is 8.42 Å².